The van der Waals surface area contributed by atoms with E-state index in [1.165, 1.54) is 7.11 Å². The minimum atomic E-state index is -4.60. The fourth-order valence-corrected chi connectivity index (χ4v) is 4.40. The molecule has 0 aliphatic carbocycles. The van der Waals surface area contributed by atoms with Gasteiger partial charge in [0.15, 0.2) is 0 Å². The Morgan fingerprint density at radius 2 is 1.86 bits per heavy atom. The summed E-state index contributed by atoms with van der Waals surface area (Å²) in [6, 6.07) is 5.65. The molecule has 0 atom stereocenters. The summed E-state index contributed by atoms with van der Waals surface area (Å²) in [4.78, 5) is 3.71. The van der Waals surface area contributed by atoms with Gasteiger partial charge < -0.3 is 18.9 Å². The number of rotatable bonds is 16. The summed E-state index contributed by atoms with van der Waals surface area (Å²) in [6.07, 6.45) is -2.76. The van der Waals surface area contributed by atoms with Crippen LogP contribution in [0.5, 0.6) is 17.4 Å². The molecule has 0 saturated heterocycles. The lowest BCUT2D eigenvalue weighted by Gasteiger charge is -2.15. The average Bonchev–Trinajstić information content (AvgIpc) is 2.80. The number of nitrogens with zero attached hydrogens (tertiary/aromatic N) is 1. The number of aromatic nitrogens is 1. The first-order valence-corrected chi connectivity index (χ1v) is 13.7. The number of pyridine rings is 1. The van der Waals surface area contributed by atoms with E-state index in [9.17, 15) is 21.6 Å². The Hall–Kier alpha value is -2.12. The first kappa shape index (κ1) is 31.1. The Morgan fingerprint density at radius 1 is 1.11 bits per heavy atom. The number of ether oxygens (including phenoxy) is 4. The zero-order chi connectivity index (χ0) is 27.5. The Labute approximate surface area is 220 Å². The highest BCUT2D eigenvalue weighted by Gasteiger charge is 2.32. The van der Waals surface area contributed by atoms with Crippen molar-refractivity contribution >= 4 is 21.6 Å². The summed E-state index contributed by atoms with van der Waals surface area (Å²) >= 11 is 6.00. The number of aryl methyl sites for hydroxylation is 1. The monoisotopic (exact) mass is 568 g/mol. The van der Waals surface area contributed by atoms with Crippen LogP contribution in [0, 0.1) is 0 Å². The van der Waals surface area contributed by atoms with Gasteiger partial charge in [0.05, 0.1) is 24.0 Å². The zero-order valence-corrected chi connectivity index (χ0v) is 22.5. The normalized spacial score (nSPS) is 12.2. The van der Waals surface area contributed by atoms with E-state index in [2.05, 4.69) is 9.71 Å². The number of sulfonamides is 1. The predicted octanol–water partition coefficient (Wildman–Crippen LogP) is 5.24. The molecule has 1 aromatic carbocycles. The third-order valence-corrected chi connectivity index (χ3v) is 6.63. The van der Waals surface area contributed by atoms with E-state index in [0.717, 1.165) is 6.07 Å². The fraction of sp³-hybridized carbons (Fsp3) is 0.542. The lowest BCUT2D eigenvalue weighted by Crippen LogP contribution is -2.28. The van der Waals surface area contributed by atoms with Crippen LogP contribution in [-0.2, 0) is 32.1 Å². The highest BCUT2D eigenvalue weighted by atomic mass is 35.5. The van der Waals surface area contributed by atoms with Gasteiger partial charge in [0.1, 0.15) is 23.1 Å². The van der Waals surface area contributed by atoms with Crippen molar-refractivity contribution in [3.05, 3.63) is 46.6 Å². The standard InChI is InChI=1S/C24H32ClF3N2O6S/c1-17(2)34-10-5-9-30-37(31,32)13-4-6-18-7-8-20(35-12-11-33-3)15-22(18)36-23-21(25)14-19(16-29-23)24(26,27)28/h7-8,14-17,30H,4-6,9-13H2,1-3H3. The maximum Gasteiger partial charge on any atom is 0.417 e. The Kier molecular flexibility index (Phi) is 12.4. The molecule has 0 aliphatic heterocycles. The molecule has 0 fully saturated rings. The van der Waals surface area contributed by atoms with E-state index >= 15 is 0 Å². The molecule has 0 radical (unpaired) electrons. The molecular formula is C24H32ClF3N2O6S. The smallest absolute Gasteiger partial charge is 0.417 e. The van der Waals surface area contributed by atoms with Gasteiger partial charge in [0.2, 0.25) is 15.9 Å². The van der Waals surface area contributed by atoms with Crippen LogP contribution >= 0.6 is 11.6 Å². The third kappa shape index (κ3) is 11.4. The lowest BCUT2D eigenvalue weighted by molar-refractivity contribution is -0.137. The Morgan fingerprint density at radius 3 is 2.51 bits per heavy atom. The second kappa shape index (κ2) is 14.7. The highest BCUT2D eigenvalue weighted by Crippen LogP contribution is 2.36. The molecule has 0 saturated carbocycles. The Balaban J connectivity index is 2.09. The minimum Gasteiger partial charge on any atom is -0.491 e. The second-order valence-corrected chi connectivity index (χ2v) is 10.6. The van der Waals surface area contributed by atoms with E-state index in [4.69, 9.17) is 30.5 Å². The summed E-state index contributed by atoms with van der Waals surface area (Å²) < 4.78 is 87.7. The molecule has 1 aromatic heterocycles. The van der Waals surface area contributed by atoms with Crippen molar-refractivity contribution in [2.45, 2.75) is 45.4 Å². The van der Waals surface area contributed by atoms with E-state index < -0.39 is 21.8 Å². The molecule has 0 unspecified atom stereocenters. The number of methoxy groups -OCH3 is 1. The number of hydrogen-bond acceptors (Lipinski definition) is 7. The van der Waals surface area contributed by atoms with Gasteiger partial charge in [-0.1, -0.05) is 17.7 Å². The van der Waals surface area contributed by atoms with Gasteiger partial charge in [-0.05, 0) is 50.8 Å². The topological polar surface area (TPSA) is 96.0 Å². The number of alkyl halides is 3. The maximum atomic E-state index is 12.9. The molecule has 0 spiro atoms. The minimum absolute atomic E-state index is 0.0810. The number of nitrogens with one attached hydrogen (secondary N) is 1. The summed E-state index contributed by atoms with van der Waals surface area (Å²) in [7, 11) is -1.97. The van der Waals surface area contributed by atoms with Crippen molar-refractivity contribution in [1.82, 2.24) is 9.71 Å². The predicted molar refractivity (Wildman–Crippen MR) is 134 cm³/mol. The molecule has 1 N–H and O–H groups in total. The third-order valence-electron chi connectivity index (χ3n) is 4.89. The van der Waals surface area contributed by atoms with Crippen molar-refractivity contribution in [2.24, 2.45) is 0 Å². The van der Waals surface area contributed by atoms with Gasteiger partial charge in [0, 0.05) is 32.5 Å². The van der Waals surface area contributed by atoms with Gasteiger partial charge in [-0.25, -0.2) is 18.1 Å². The van der Waals surface area contributed by atoms with E-state index in [1.807, 2.05) is 13.8 Å². The van der Waals surface area contributed by atoms with Crippen LogP contribution in [0.4, 0.5) is 13.2 Å². The molecule has 0 amide bonds. The molecule has 2 aromatic rings. The van der Waals surface area contributed by atoms with Crippen LogP contribution in [0.3, 0.4) is 0 Å². The van der Waals surface area contributed by atoms with Gasteiger partial charge in [-0.15, -0.1) is 0 Å². The van der Waals surface area contributed by atoms with Gasteiger partial charge in [0.25, 0.3) is 0 Å². The summed E-state index contributed by atoms with van der Waals surface area (Å²) in [5.74, 6) is 0.322. The van der Waals surface area contributed by atoms with Crippen molar-refractivity contribution in [3.63, 3.8) is 0 Å². The zero-order valence-electron chi connectivity index (χ0n) is 20.9. The van der Waals surface area contributed by atoms with Crippen LogP contribution in [-0.4, -0.2) is 58.7 Å². The molecule has 1 heterocycles. The van der Waals surface area contributed by atoms with Gasteiger partial charge >= 0.3 is 6.18 Å². The molecule has 8 nitrogen and oxygen atoms in total. The van der Waals surface area contributed by atoms with Crippen molar-refractivity contribution < 1.29 is 40.5 Å². The molecule has 2 rings (SSSR count). The fourth-order valence-electron chi connectivity index (χ4n) is 3.07. The number of halogens is 4. The van der Waals surface area contributed by atoms with E-state index in [1.54, 1.807) is 18.2 Å². The van der Waals surface area contributed by atoms with Crippen molar-refractivity contribution in [1.29, 1.82) is 0 Å². The molecule has 0 bridgehead atoms. The Bertz CT molecular complexity index is 1100. The maximum absolute atomic E-state index is 12.9. The van der Waals surface area contributed by atoms with Gasteiger partial charge in [-0.2, -0.15) is 13.2 Å². The van der Waals surface area contributed by atoms with E-state index in [0.29, 0.717) is 43.6 Å². The molecule has 13 heteroatoms. The summed E-state index contributed by atoms with van der Waals surface area (Å²) in [6.45, 7) is 5.15. The van der Waals surface area contributed by atoms with E-state index in [-0.39, 0.29) is 48.1 Å². The van der Waals surface area contributed by atoms with Crippen molar-refractivity contribution in [3.8, 4) is 17.4 Å². The first-order chi connectivity index (χ1) is 17.4. The van der Waals surface area contributed by atoms with Crippen molar-refractivity contribution in [2.75, 3.05) is 39.2 Å². The second-order valence-electron chi connectivity index (χ2n) is 8.31. The molecule has 37 heavy (non-hydrogen) atoms. The SMILES string of the molecule is COCCOc1ccc(CCCS(=O)(=O)NCCCOC(C)C)c(Oc2ncc(C(F)(F)F)cc2Cl)c1. The average molecular weight is 569 g/mol. The number of hydrogen-bond donors (Lipinski definition) is 1. The molecular weight excluding hydrogens is 537 g/mol. The van der Waals surface area contributed by atoms with Gasteiger partial charge in [-0.3, -0.25) is 0 Å². The van der Waals surface area contributed by atoms with Crippen LogP contribution in [0.15, 0.2) is 30.5 Å². The van der Waals surface area contributed by atoms with Crippen LogP contribution in [0.2, 0.25) is 5.02 Å². The number of benzene rings is 1. The van der Waals surface area contributed by atoms with Crippen LogP contribution in [0.1, 0.15) is 37.8 Å². The summed E-state index contributed by atoms with van der Waals surface area (Å²) in [5, 5.41) is -0.320. The largest absolute Gasteiger partial charge is 0.491 e. The quantitative estimate of drug-likeness (QED) is 0.277. The highest BCUT2D eigenvalue weighted by molar-refractivity contribution is 7.89. The summed E-state index contributed by atoms with van der Waals surface area (Å²) in [5.41, 5.74) is -0.396. The van der Waals surface area contributed by atoms with Crippen LogP contribution in [0.25, 0.3) is 0 Å². The lowest BCUT2D eigenvalue weighted by atomic mass is 10.1. The van der Waals surface area contributed by atoms with Crippen LogP contribution < -0.4 is 14.2 Å². The molecule has 0 aliphatic rings. The molecule has 208 valence electrons. The first-order valence-electron chi connectivity index (χ1n) is 11.7.